The molecule has 0 saturated heterocycles. The summed E-state index contributed by atoms with van der Waals surface area (Å²) < 4.78 is 0.375. The van der Waals surface area contributed by atoms with E-state index in [2.05, 4.69) is 15.3 Å². The maximum atomic E-state index is 13.0. The summed E-state index contributed by atoms with van der Waals surface area (Å²) in [7, 11) is 0. The Morgan fingerprint density at radius 1 is 1.16 bits per heavy atom. The molecule has 7 nitrogen and oxygen atoms in total. The SMILES string of the molecule is Cc1ccc(-c2nc3ccccc3[nH]2)cc1NC(=O)c1sc2c([N+](=O)[O-])cccc2c1Cl. The molecule has 3 aromatic carbocycles. The first kappa shape index (κ1) is 20.2. The zero-order valence-corrected chi connectivity index (χ0v) is 18.3. The molecule has 0 atom stereocenters. The number of aromatic nitrogens is 2. The van der Waals surface area contributed by atoms with E-state index in [1.165, 1.54) is 6.07 Å². The number of para-hydroxylation sites is 2. The molecule has 0 bridgehead atoms. The second kappa shape index (κ2) is 7.74. The maximum Gasteiger partial charge on any atom is 0.287 e. The Labute approximate surface area is 190 Å². The van der Waals surface area contributed by atoms with Crippen LogP contribution in [0.4, 0.5) is 11.4 Å². The first-order chi connectivity index (χ1) is 15.4. The van der Waals surface area contributed by atoms with Crippen molar-refractivity contribution >= 4 is 61.3 Å². The fourth-order valence-corrected chi connectivity index (χ4v) is 5.03. The molecule has 2 aromatic heterocycles. The Bertz CT molecular complexity index is 1510. The van der Waals surface area contributed by atoms with E-state index in [1.807, 2.05) is 49.4 Å². The number of halogens is 1. The number of rotatable bonds is 4. The fourth-order valence-electron chi connectivity index (χ4n) is 3.54. The van der Waals surface area contributed by atoms with Crippen LogP contribution in [0.25, 0.3) is 32.5 Å². The summed E-state index contributed by atoms with van der Waals surface area (Å²) in [6, 6.07) is 18.0. The molecular formula is C23H15ClN4O3S. The molecule has 2 N–H and O–H groups in total. The lowest BCUT2D eigenvalue weighted by Gasteiger charge is -2.09. The molecule has 0 fully saturated rings. The third kappa shape index (κ3) is 3.39. The summed E-state index contributed by atoms with van der Waals surface area (Å²) in [4.78, 5) is 32.0. The first-order valence-electron chi connectivity index (χ1n) is 9.65. The van der Waals surface area contributed by atoms with Crippen molar-refractivity contribution in [3.8, 4) is 11.4 Å². The molecule has 0 aliphatic heterocycles. The van der Waals surface area contributed by atoms with Crippen LogP contribution >= 0.6 is 22.9 Å². The third-order valence-electron chi connectivity index (χ3n) is 5.19. The van der Waals surface area contributed by atoms with Gasteiger partial charge in [0.25, 0.3) is 11.6 Å². The second-order valence-corrected chi connectivity index (χ2v) is 8.64. The van der Waals surface area contributed by atoms with Gasteiger partial charge in [0, 0.05) is 22.7 Å². The molecular weight excluding hydrogens is 448 g/mol. The van der Waals surface area contributed by atoms with Crippen LogP contribution in [0.5, 0.6) is 0 Å². The van der Waals surface area contributed by atoms with Gasteiger partial charge in [0.05, 0.1) is 21.0 Å². The first-order valence-corrected chi connectivity index (χ1v) is 10.8. The largest absolute Gasteiger partial charge is 0.338 e. The number of hydrogen-bond donors (Lipinski definition) is 2. The summed E-state index contributed by atoms with van der Waals surface area (Å²) in [6.07, 6.45) is 0. The zero-order chi connectivity index (χ0) is 22.4. The average molecular weight is 463 g/mol. The summed E-state index contributed by atoms with van der Waals surface area (Å²) >= 11 is 7.43. The van der Waals surface area contributed by atoms with Gasteiger partial charge in [0.15, 0.2) is 0 Å². The van der Waals surface area contributed by atoms with Crippen molar-refractivity contribution in [2.75, 3.05) is 5.32 Å². The quantitative estimate of drug-likeness (QED) is 0.233. The van der Waals surface area contributed by atoms with Gasteiger partial charge in [-0.05, 0) is 30.7 Å². The van der Waals surface area contributed by atoms with Crippen molar-refractivity contribution in [1.29, 1.82) is 0 Å². The second-order valence-electron chi connectivity index (χ2n) is 7.24. The third-order valence-corrected chi connectivity index (χ3v) is 6.92. The van der Waals surface area contributed by atoms with E-state index >= 15 is 0 Å². The predicted octanol–water partition coefficient (Wildman–Crippen LogP) is 6.57. The van der Waals surface area contributed by atoms with Crippen molar-refractivity contribution in [2.45, 2.75) is 6.92 Å². The van der Waals surface area contributed by atoms with Crippen molar-refractivity contribution in [3.05, 3.63) is 86.2 Å². The number of aromatic amines is 1. The molecule has 1 amide bonds. The highest BCUT2D eigenvalue weighted by Gasteiger charge is 2.23. The lowest BCUT2D eigenvalue weighted by Crippen LogP contribution is -2.11. The number of hydrogen-bond acceptors (Lipinski definition) is 5. The number of anilines is 1. The van der Waals surface area contributed by atoms with Crippen molar-refractivity contribution < 1.29 is 9.72 Å². The van der Waals surface area contributed by atoms with Crippen LogP contribution in [0.1, 0.15) is 15.2 Å². The lowest BCUT2D eigenvalue weighted by molar-refractivity contribution is -0.382. The molecule has 0 spiro atoms. The Hall–Kier alpha value is -3.75. The molecule has 9 heteroatoms. The molecule has 158 valence electrons. The topological polar surface area (TPSA) is 101 Å². The molecule has 5 aromatic rings. The van der Waals surface area contributed by atoms with E-state index in [0.717, 1.165) is 33.5 Å². The number of fused-ring (bicyclic) bond motifs is 2. The van der Waals surface area contributed by atoms with Crippen molar-refractivity contribution in [1.82, 2.24) is 9.97 Å². The number of H-pyrrole nitrogens is 1. The van der Waals surface area contributed by atoms with E-state index in [0.29, 0.717) is 21.6 Å². The number of nitrogens with zero attached hydrogens (tertiary/aromatic N) is 2. The van der Waals surface area contributed by atoms with Crippen LogP contribution in [-0.4, -0.2) is 20.8 Å². The van der Waals surface area contributed by atoms with Crippen LogP contribution in [0.15, 0.2) is 60.7 Å². The number of aryl methyl sites for hydroxylation is 1. The Morgan fingerprint density at radius 3 is 2.75 bits per heavy atom. The van der Waals surface area contributed by atoms with Crippen LogP contribution in [-0.2, 0) is 0 Å². The van der Waals surface area contributed by atoms with Crippen LogP contribution in [0, 0.1) is 17.0 Å². The number of thiophene rings is 1. The number of nitrogens with one attached hydrogen (secondary N) is 2. The number of amides is 1. The molecule has 2 heterocycles. The number of carbonyl (C=O) groups excluding carboxylic acids is 1. The van der Waals surface area contributed by atoms with Crippen molar-refractivity contribution in [2.24, 2.45) is 0 Å². The van der Waals surface area contributed by atoms with Gasteiger partial charge >= 0.3 is 0 Å². The standard InChI is InChI=1S/C23H15ClN4O3S/c1-12-9-10-13(22-25-15-6-2-3-7-16(15)26-22)11-17(12)27-23(29)21-19(24)14-5-4-8-18(28(30)31)20(14)32-21/h2-11H,1H3,(H,25,26)(H,27,29). The van der Waals surface area contributed by atoms with Gasteiger partial charge in [-0.25, -0.2) is 4.98 Å². The highest BCUT2D eigenvalue weighted by molar-refractivity contribution is 7.22. The summed E-state index contributed by atoms with van der Waals surface area (Å²) in [5, 5.41) is 14.9. The molecule has 0 radical (unpaired) electrons. The smallest absolute Gasteiger partial charge is 0.287 e. The van der Waals surface area contributed by atoms with E-state index in [1.54, 1.807) is 12.1 Å². The van der Waals surface area contributed by atoms with Gasteiger partial charge in [0.2, 0.25) is 0 Å². The Kier molecular flexibility index (Phi) is 4.88. The summed E-state index contributed by atoms with van der Waals surface area (Å²) in [5.41, 5.74) is 3.99. The Morgan fingerprint density at radius 2 is 1.97 bits per heavy atom. The maximum absolute atomic E-state index is 13.0. The summed E-state index contributed by atoms with van der Waals surface area (Å²) in [6.45, 7) is 1.88. The molecule has 32 heavy (non-hydrogen) atoms. The molecule has 0 aliphatic carbocycles. The lowest BCUT2D eigenvalue weighted by atomic mass is 10.1. The number of benzene rings is 3. The minimum atomic E-state index is -0.474. The van der Waals surface area contributed by atoms with Gasteiger partial charge in [-0.2, -0.15) is 0 Å². The number of nitro groups is 1. The number of nitro benzene ring substituents is 1. The van der Waals surface area contributed by atoms with Crippen LogP contribution < -0.4 is 5.32 Å². The van der Waals surface area contributed by atoms with Crippen LogP contribution in [0.3, 0.4) is 0 Å². The number of imidazole rings is 1. The van der Waals surface area contributed by atoms with E-state index in [-0.39, 0.29) is 15.6 Å². The minimum absolute atomic E-state index is 0.0727. The van der Waals surface area contributed by atoms with Crippen molar-refractivity contribution in [3.63, 3.8) is 0 Å². The molecule has 5 rings (SSSR count). The highest BCUT2D eigenvalue weighted by atomic mass is 35.5. The number of non-ortho nitro benzene ring substituents is 1. The van der Waals surface area contributed by atoms with E-state index < -0.39 is 10.8 Å². The van der Waals surface area contributed by atoms with E-state index in [9.17, 15) is 14.9 Å². The molecule has 0 aliphatic rings. The van der Waals surface area contributed by atoms with Gasteiger partial charge in [-0.3, -0.25) is 14.9 Å². The van der Waals surface area contributed by atoms with Gasteiger partial charge in [-0.1, -0.05) is 48.0 Å². The van der Waals surface area contributed by atoms with Gasteiger partial charge < -0.3 is 10.3 Å². The molecule has 0 unspecified atom stereocenters. The monoisotopic (exact) mass is 462 g/mol. The number of carbonyl (C=O) groups is 1. The fraction of sp³-hybridized carbons (Fsp3) is 0.0435. The Balaban J connectivity index is 1.51. The molecule has 0 saturated carbocycles. The van der Waals surface area contributed by atoms with E-state index in [4.69, 9.17) is 11.6 Å². The highest BCUT2D eigenvalue weighted by Crippen LogP contribution is 2.40. The summed E-state index contributed by atoms with van der Waals surface area (Å²) in [5.74, 6) is 0.271. The predicted molar refractivity (Wildman–Crippen MR) is 128 cm³/mol. The zero-order valence-electron chi connectivity index (χ0n) is 16.7. The normalized spacial score (nSPS) is 11.2. The van der Waals surface area contributed by atoms with Gasteiger partial charge in [-0.15, -0.1) is 11.3 Å². The average Bonchev–Trinajstić information content (AvgIpc) is 3.36. The van der Waals surface area contributed by atoms with Gasteiger partial charge in [0.1, 0.15) is 15.4 Å². The van der Waals surface area contributed by atoms with Crippen LogP contribution in [0.2, 0.25) is 5.02 Å². The minimum Gasteiger partial charge on any atom is -0.338 e.